The lowest BCUT2D eigenvalue weighted by molar-refractivity contribution is 0.0710. The number of nitrogens with zero attached hydrogens (tertiary/aromatic N) is 3. The van der Waals surface area contributed by atoms with Gasteiger partial charge in [0.25, 0.3) is 5.91 Å². The van der Waals surface area contributed by atoms with Gasteiger partial charge in [0.2, 0.25) is 0 Å². The highest BCUT2D eigenvalue weighted by Gasteiger charge is 2.28. The van der Waals surface area contributed by atoms with Crippen LogP contribution in [0.2, 0.25) is 5.02 Å². The van der Waals surface area contributed by atoms with Crippen LogP contribution in [0.4, 0.5) is 0 Å². The quantitative estimate of drug-likeness (QED) is 0.560. The number of carbonyl (C=O) groups excluding carboxylic acids is 1. The summed E-state index contributed by atoms with van der Waals surface area (Å²) in [6.45, 7) is 5.43. The zero-order valence-electron chi connectivity index (χ0n) is 16.7. The fourth-order valence-electron chi connectivity index (χ4n) is 3.99. The van der Waals surface area contributed by atoms with Crippen molar-refractivity contribution in [3.8, 4) is 0 Å². The van der Waals surface area contributed by atoms with Crippen molar-refractivity contribution in [2.24, 2.45) is 0 Å². The maximum atomic E-state index is 12.9. The van der Waals surface area contributed by atoms with E-state index in [9.17, 15) is 4.79 Å². The Morgan fingerprint density at radius 3 is 2.86 bits per heavy atom. The lowest BCUT2D eigenvalue weighted by Gasteiger charge is -2.32. The molecule has 1 aliphatic rings. The van der Waals surface area contributed by atoms with Crippen molar-refractivity contribution in [1.82, 2.24) is 14.9 Å². The number of likely N-dealkylation sites (tertiary alicyclic amines) is 1. The highest BCUT2D eigenvalue weighted by Crippen LogP contribution is 2.29. The third-order valence-corrected chi connectivity index (χ3v) is 6.74. The predicted octanol–water partition coefficient (Wildman–Crippen LogP) is 5.42. The second-order valence-corrected chi connectivity index (χ2v) is 8.93. The number of aromatic nitrogens is 2. The summed E-state index contributed by atoms with van der Waals surface area (Å²) in [4.78, 5) is 24.7. The van der Waals surface area contributed by atoms with E-state index in [0.29, 0.717) is 6.54 Å². The van der Waals surface area contributed by atoms with Crippen LogP contribution in [0, 0.1) is 13.8 Å². The molecular weight excluding hydrogens is 402 g/mol. The van der Waals surface area contributed by atoms with Gasteiger partial charge in [-0.1, -0.05) is 29.8 Å². The number of benzene rings is 1. The van der Waals surface area contributed by atoms with Gasteiger partial charge in [-0.2, -0.15) is 0 Å². The largest absolute Gasteiger partial charge is 0.337 e. The van der Waals surface area contributed by atoms with Gasteiger partial charge in [-0.05, 0) is 62.4 Å². The summed E-state index contributed by atoms with van der Waals surface area (Å²) < 4.78 is 0. The molecule has 1 unspecified atom stereocenters. The van der Waals surface area contributed by atoms with Gasteiger partial charge in [-0.3, -0.25) is 9.78 Å². The van der Waals surface area contributed by atoms with Crippen LogP contribution >= 0.6 is 22.9 Å². The van der Waals surface area contributed by atoms with Crippen LogP contribution in [0.5, 0.6) is 0 Å². The molecule has 2 aromatic heterocycles. The Morgan fingerprint density at radius 1 is 1.28 bits per heavy atom. The Kier molecular flexibility index (Phi) is 5.97. The molecule has 29 heavy (non-hydrogen) atoms. The number of piperidine rings is 1. The molecule has 3 aromatic rings. The van der Waals surface area contributed by atoms with E-state index < -0.39 is 0 Å². The number of amides is 1. The van der Waals surface area contributed by atoms with Crippen molar-refractivity contribution in [2.75, 3.05) is 13.1 Å². The minimum absolute atomic E-state index is 0.0960. The average Bonchev–Trinajstić information content (AvgIpc) is 3.15. The molecule has 0 N–H and O–H groups in total. The fourth-order valence-corrected chi connectivity index (χ4v) is 4.97. The lowest BCUT2D eigenvalue weighted by atomic mass is 9.92. The Balaban J connectivity index is 1.54. The number of halogens is 1. The first-order valence-corrected chi connectivity index (χ1v) is 11.2. The van der Waals surface area contributed by atoms with E-state index in [0.717, 1.165) is 58.4 Å². The topological polar surface area (TPSA) is 46.1 Å². The third kappa shape index (κ3) is 4.51. The van der Waals surface area contributed by atoms with Crippen molar-refractivity contribution in [2.45, 2.75) is 39.0 Å². The monoisotopic (exact) mass is 425 g/mol. The van der Waals surface area contributed by atoms with E-state index >= 15 is 0 Å². The molecule has 150 valence electrons. The number of carbonyl (C=O) groups is 1. The molecule has 0 saturated carbocycles. The first-order valence-electron chi connectivity index (χ1n) is 9.91. The van der Waals surface area contributed by atoms with Crippen molar-refractivity contribution in [1.29, 1.82) is 0 Å². The van der Waals surface area contributed by atoms with E-state index in [2.05, 4.69) is 23.2 Å². The standard InChI is InChI=1S/C23H24ClN3OS/c1-15-10-17(11-18-6-3-4-8-20(18)24)12-21(26-15)19-7-5-9-27(13-19)23(28)22-16(2)25-14-29-22/h3-4,6,8,10,12,14,19H,5,7,9,11,13H2,1-2H3. The van der Waals surface area contributed by atoms with Crippen LogP contribution in [0.1, 0.15) is 56.6 Å². The second kappa shape index (κ2) is 8.64. The van der Waals surface area contributed by atoms with E-state index in [-0.39, 0.29) is 11.8 Å². The first-order chi connectivity index (χ1) is 14.0. The molecule has 0 radical (unpaired) electrons. The SMILES string of the molecule is Cc1cc(Cc2ccccc2Cl)cc(C2CCCN(C(=O)c3scnc3C)C2)n1. The van der Waals surface area contributed by atoms with Crippen LogP contribution in [0.3, 0.4) is 0 Å². The summed E-state index contributed by atoms with van der Waals surface area (Å²) in [5.41, 5.74) is 6.97. The lowest BCUT2D eigenvalue weighted by Crippen LogP contribution is -2.39. The summed E-state index contributed by atoms with van der Waals surface area (Å²) in [5, 5.41) is 0.790. The number of aryl methyl sites for hydroxylation is 2. The van der Waals surface area contributed by atoms with Crippen molar-refractivity contribution >= 4 is 28.8 Å². The van der Waals surface area contributed by atoms with Gasteiger partial charge in [0.05, 0.1) is 11.2 Å². The van der Waals surface area contributed by atoms with Crippen LogP contribution in [-0.4, -0.2) is 33.9 Å². The zero-order valence-corrected chi connectivity index (χ0v) is 18.3. The molecule has 1 aromatic carbocycles. The number of hydrogen-bond donors (Lipinski definition) is 0. The van der Waals surface area contributed by atoms with Gasteiger partial charge in [-0.25, -0.2) is 4.98 Å². The second-order valence-electron chi connectivity index (χ2n) is 7.67. The van der Waals surface area contributed by atoms with E-state index in [4.69, 9.17) is 16.6 Å². The summed E-state index contributed by atoms with van der Waals surface area (Å²) in [5.74, 6) is 0.351. The molecule has 3 heterocycles. The summed E-state index contributed by atoms with van der Waals surface area (Å²) in [6, 6.07) is 12.3. The van der Waals surface area contributed by atoms with Crippen LogP contribution in [-0.2, 0) is 6.42 Å². The van der Waals surface area contributed by atoms with Gasteiger partial charge < -0.3 is 4.90 Å². The van der Waals surface area contributed by atoms with E-state index in [1.165, 1.54) is 16.9 Å². The van der Waals surface area contributed by atoms with Crippen molar-refractivity contribution in [3.05, 3.63) is 80.0 Å². The number of thiazole rings is 1. The van der Waals surface area contributed by atoms with Crippen LogP contribution < -0.4 is 0 Å². The molecule has 1 atom stereocenters. The summed E-state index contributed by atoms with van der Waals surface area (Å²) in [6.07, 6.45) is 2.82. The molecule has 0 bridgehead atoms. The van der Waals surface area contributed by atoms with Crippen molar-refractivity contribution in [3.63, 3.8) is 0 Å². The first kappa shape index (κ1) is 20.0. The minimum atomic E-state index is 0.0960. The number of pyridine rings is 1. The summed E-state index contributed by atoms with van der Waals surface area (Å²) in [7, 11) is 0. The molecule has 1 aliphatic heterocycles. The smallest absolute Gasteiger partial charge is 0.265 e. The predicted molar refractivity (Wildman–Crippen MR) is 118 cm³/mol. The van der Waals surface area contributed by atoms with E-state index in [1.54, 1.807) is 5.51 Å². The Morgan fingerprint density at radius 2 is 2.10 bits per heavy atom. The van der Waals surface area contributed by atoms with Gasteiger partial charge in [0.15, 0.2) is 0 Å². The number of rotatable bonds is 4. The fraction of sp³-hybridized carbons (Fsp3) is 0.348. The Labute approximate surface area is 180 Å². The van der Waals surface area contributed by atoms with Crippen molar-refractivity contribution < 1.29 is 4.79 Å². The Hall–Kier alpha value is -2.24. The molecule has 4 rings (SSSR count). The van der Waals surface area contributed by atoms with Crippen LogP contribution in [0.15, 0.2) is 41.9 Å². The normalized spacial score (nSPS) is 16.8. The molecule has 1 fully saturated rings. The zero-order chi connectivity index (χ0) is 20.4. The van der Waals surface area contributed by atoms with Crippen LogP contribution in [0.25, 0.3) is 0 Å². The van der Waals surface area contributed by atoms with Gasteiger partial charge >= 0.3 is 0 Å². The highest BCUT2D eigenvalue weighted by atomic mass is 35.5. The van der Waals surface area contributed by atoms with Gasteiger partial charge in [0.1, 0.15) is 4.88 Å². The van der Waals surface area contributed by atoms with E-state index in [1.807, 2.05) is 36.9 Å². The maximum Gasteiger partial charge on any atom is 0.265 e. The molecule has 0 aliphatic carbocycles. The summed E-state index contributed by atoms with van der Waals surface area (Å²) >= 11 is 7.78. The molecular formula is C23H24ClN3OS. The molecule has 0 spiro atoms. The molecule has 1 amide bonds. The molecule has 4 nitrogen and oxygen atoms in total. The average molecular weight is 426 g/mol. The highest BCUT2D eigenvalue weighted by molar-refractivity contribution is 7.11. The third-order valence-electron chi connectivity index (χ3n) is 5.45. The van der Waals surface area contributed by atoms with Gasteiger partial charge in [-0.15, -0.1) is 11.3 Å². The van der Waals surface area contributed by atoms with Gasteiger partial charge in [0, 0.05) is 35.4 Å². The Bertz CT molecular complexity index is 1030. The number of hydrogen-bond acceptors (Lipinski definition) is 4. The molecule has 1 saturated heterocycles. The molecule has 6 heteroatoms. The maximum absolute atomic E-state index is 12.9. The minimum Gasteiger partial charge on any atom is -0.337 e.